The summed E-state index contributed by atoms with van der Waals surface area (Å²) in [7, 11) is -3.88. The van der Waals surface area contributed by atoms with Crippen molar-refractivity contribution in [3.05, 3.63) is 99.5 Å². The van der Waals surface area contributed by atoms with Gasteiger partial charge in [0.15, 0.2) is 0 Å². The van der Waals surface area contributed by atoms with Crippen molar-refractivity contribution in [2.45, 2.75) is 23.9 Å². The van der Waals surface area contributed by atoms with Crippen molar-refractivity contribution in [1.82, 2.24) is 10.0 Å². The highest BCUT2D eigenvalue weighted by Crippen LogP contribution is 2.16. The molecule has 2 N–H and O–H groups in total. The van der Waals surface area contributed by atoms with Crippen molar-refractivity contribution < 1.29 is 13.2 Å². The molecule has 8 heteroatoms. The molecule has 3 aromatic rings. The van der Waals surface area contributed by atoms with E-state index in [1.54, 1.807) is 36.4 Å². The molecule has 3 rings (SSSR count). The van der Waals surface area contributed by atoms with Crippen LogP contribution in [-0.2, 0) is 27.8 Å². The molecule has 30 heavy (non-hydrogen) atoms. The SMILES string of the molecule is O=C(NCc1ccc(Cl)cc1)[C@@H](Cc1ccccc1)NS(=O)(=O)c1ccc(Br)cc1. The van der Waals surface area contributed by atoms with E-state index in [9.17, 15) is 13.2 Å². The molecule has 0 aromatic heterocycles. The lowest BCUT2D eigenvalue weighted by Gasteiger charge is -2.19. The van der Waals surface area contributed by atoms with E-state index in [0.29, 0.717) is 5.02 Å². The second kappa shape index (κ2) is 10.2. The highest BCUT2D eigenvalue weighted by Gasteiger charge is 2.26. The van der Waals surface area contributed by atoms with Crippen LogP contribution in [0.15, 0.2) is 88.2 Å². The number of amides is 1. The van der Waals surface area contributed by atoms with Crippen molar-refractivity contribution in [2.24, 2.45) is 0 Å². The van der Waals surface area contributed by atoms with Crippen LogP contribution < -0.4 is 10.0 Å². The third-order valence-electron chi connectivity index (χ3n) is 4.40. The van der Waals surface area contributed by atoms with E-state index in [-0.39, 0.29) is 17.9 Å². The zero-order chi connectivity index (χ0) is 21.6. The molecule has 0 fully saturated rings. The molecule has 3 aromatic carbocycles. The minimum Gasteiger partial charge on any atom is -0.351 e. The standard InChI is InChI=1S/C22H20BrClN2O3S/c23-18-8-12-20(13-9-18)30(28,29)26-21(14-16-4-2-1-3-5-16)22(27)25-15-17-6-10-19(24)11-7-17/h1-13,21,26H,14-15H2,(H,25,27)/t21-/m1/s1. The Hall–Kier alpha value is -2.19. The number of carbonyl (C=O) groups is 1. The lowest BCUT2D eigenvalue weighted by Crippen LogP contribution is -2.47. The minimum absolute atomic E-state index is 0.0919. The quantitative estimate of drug-likeness (QED) is 0.477. The zero-order valence-corrected chi connectivity index (χ0v) is 19.0. The number of nitrogens with one attached hydrogen (secondary N) is 2. The summed E-state index contributed by atoms with van der Waals surface area (Å²) in [6.07, 6.45) is 0.225. The number of rotatable bonds is 8. The molecule has 0 heterocycles. The number of sulfonamides is 1. The van der Waals surface area contributed by atoms with Crippen LogP contribution in [0.1, 0.15) is 11.1 Å². The molecule has 0 spiro atoms. The van der Waals surface area contributed by atoms with Gasteiger partial charge in [-0.3, -0.25) is 4.79 Å². The zero-order valence-electron chi connectivity index (χ0n) is 15.9. The molecular weight excluding hydrogens is 488 g/mol. The van der Waals surface area contributed by atoms with Gasteiger partial charge in [-0.1, -0.05) is 70.0 Å². The van der Waals surface area contributed by atoms with E-state index >= 15 is 0 Å². The van der Waals surface area contributed by atoms with Gasteiger partial charge in [0, 0.05) is 16.0 Å². The molecule has 0 radical (unpaired) electrons. The van der Waals surface area contributed by atoms with Crippen LogP contribution in [0.3, 0.4) is 0 Å². The Balaban J connectivity index is 1.77. The Morgan fingerprint density at radius 3 is 2.17 bits per heavy atom. The topological polar surface area (TPSA) is 75.3 Å². The third kappa shape index (κ3) is 6.40. The number of carbonyl (C=O) groups excluding carboxylic acids is 1. The first-order valence-electron chi connectivity index (χ1n) is 9.17. The largest absolute Gasteiger partial charge is 0.351 e. The molecule has 1 amide bonds. The number of halogens is 2. The van der Waals surface area contributed by atoms with E-state index in [2.05, 4.69) is 26.0 Å². The van der Waals surface area contributed by atoms with Crippen LogP contribution in [0.4, 0.5) is 0 Å². The smallest absolute Gasteiger partial charge is 0.241 e. The van der Waals surface area contributed by atoms with Gasteiger partial charge >= 0.3 is 0 Å². The third-order valence-corrected chi connectivity index (χ3v) is 6.67. The molecule has 0 aliphatic heterocycles. The monoisotopic (exact) mass is 506 g/mol. The highest BCUT2D eigenvalue weighted by molar-refractivity contribution is 9.10. The molecule has 5 nitrogen and oxygen atoms in total. The first-order valence-corrected chi connectivity index (χ1v) is 11.8. The van der Waals surface area contributed by atoms with Gasteiger partial charge in [-0.15, -0.1) is 0 Å². The van der Waals surface area contributed by atoms with Gasteiger partial charge in [0.2, 0.25) is 15.9 Å². The molecule has 0 aliphatic carbocycles. The summed E-state index contributed by atoms with van der Waals surface area (Å²) >= 11 is 9.18. The molecule has 0 saturated heterocycles. The maximum Gasteiger partial charge on any atom is 0.241 e. The van der Waals surface area contributed by atoms with Crippen LogP contribution >= 0.6 is 27.5 Å². The molecular formula is C22H20BrClN2O3S. The fourth-order valence-corrected chi connectivity index (χ4v) is 4.41. The van der Waals surface area contributed by atoms with Gasteiger partial charge in [-0.25, -0.2) is 8.42 Å². The molecule has 0 bridgehead atoms. The van der Waals surface area contributed by atoms with Crippen LogP contribution in [0.25, 0.3) is 0 Å². The number of hydrogen-bond donors (Lipinski definition) is 2. The average molecular weight is 508 g/mol. The fraction of sp³-hybridized carbons (Fsp3) is 0.136. The first-order chi connectivity index (χ1) is 14.3. The van der Waals surface area contributed by atoms with E-state index in [1.165, 1.54) is 12.1 Å². The molecule has 0 unspecified atom stereocenters. The highest BCUT2D eigenvalue weighted by atomic mass is 79.9. The Labute approximate surface area is 189 Å². The van der Waals surface area contributed by atoms with Crippen molar-refractivity contribution >= 4 is 43.5 Å². The number of hydrogen-bond acceptors (Lipinski definition) is 3. The van der Waals surface area contributed by atoms with Gasteiger partial charge in [-0.2, -0.15) is 4.72 Å². The van der Waals surface area contributed by atoms with Crippen molar-refractivity contribution in [3.63, 3.8) is 0 Å². The number of benzene rings is 3. The Morgan fingerprint density at radius 1 is 0.900 bits per heavy atom. The van der Waals surface area contributed by atoms with Crippen molar-refractivity contribution in [1.29, 1.82) is 0 Å². The Bertz CT molecular complexity index is 1090. The fourth-order valence-electron chi connectivity index (χ4n) is 2.82. The van der Waals surface area contributed by atoms with Crippen LogP contribution in [0.2, 0.25) is 5.02 Å². The lowest BCUT2D eigenvalue weighted by atomic mass is 10.1. The maximum absolute atomic E-state index is 12.9. The van der Waals surface area contributed by atoms with Crippen LogP contribution in [0.5, 0.6) is 0 Å². The summed E-state index contributed by atoms with van der Waals surface area (Å²) < 4.78 is 29.0. The summed E-state index contributed by atoms with van der Waals surface area (Å²) in [5, 5.41) is 3.41. The Kier molecular flexibility index (Phi) is 7.66. The summed E-state index contributed by atoms with van der Waals surface area (Å²) in [5.74, 6) is -0.408. The van der Waals surface area contributed by atoms with Crippen LogP contribution in [0, 0.1) is 0 Å². The van der Waals surface area contributed by atoms with E-state index in [4.69, 9.17) is 11.6 Å². The van der Waals surface area contributed by atoms with Gasteiger partial charge < -0.3 is 5.32 Å². The lowest BCUT2D eigenvalue weighted by molar-refractivity contribution is -0.122. The first kappa shape index (κ1) is 22.5. The van der Waals surface area contributed by atoms with Gasteiger partial charge in [0.1, 0.15) is 6.04 Å². The van der Waals surface area contributed by atoms with E-state index in [0.717, 1.165) is 15.6 Å². The van der Waals surface area contributed by atoms with E-state index < -0.39 is 22.0 Å². The second-order valence-corrected chi connectivity index (χ2v) is 9.73. The molecule has 1 atom stereocenters. The van der Waals surface area contributed by atoms with Gasteiger partial charge in [0.05, 0.1) is 4.90 Å². The maximum atomic E-state index is 12.9. The molecule has 156 valence electrons. The van der Waals surface area contributed by atoms with Crippen molar-refractivity contribution in [2.75, 3.05) is 0 Å². The van der Waals surface area contributed by atoms with Crippen molar-refractivity contribution in [3.8, 4) is 0 Å². The summed E-state index contributed by atoms with van der Waals surface area (Å²) in [6, 6.07) is 21.6. The summed E-state index contributed by atoms with van der Waals surface area (Å²) in [5.41, 5.74) is 1.71. The second-order valence-electron chi connectivity index (χ2n) is 6.66. The Morgan fingerprint density at radius 2 is 1.53 bits per heavy atom. The van der Waals surface area contributed by atoms with E-state index in [1.807, 2.05) is 30.3 Å². The van der Waals surface area contributed by atoms with Crippen LogP contribution in [-0.4, -0.2) is 20.4 Å². The van der Waals surface area contributed by atoms with Gasteiger partial charge in [-0.05, 0) is 53.9 Å². The van der Waals surface area contributed by atoms with Gasteiger partial charge in [0.25, 0.3) is 0 Å². The normalized spacial score (nSPS) is 12.3. The minimum atomic E-state index is -3.88. The average Bonchev–Trinajstić information content (AvgIpc) is 2.73. The summed E-state index contributed by atoms with van der Waals surface area (Å²) in [4.78, 5) is 13.0. The predicted molar refractivity (Wildman–Crippen MR) is 122 cm³/mol. The predicted octanol–water partition coefficient (Wildman–Crippen LogP) is 4.31. The molecule has 0 saturated carbocycles. The molecule has 0 aliphatic rings. The summed E-state index contributed by atoms with van der Waals surface area (Å²) in [6.45, 7) is 0.265.